The third kappa shape index (κ3) is 4.44. The summed E-state index contributed by atoms with van der Waals surface area (Å²) in [7, 11) is 0. The number of amides is 1. The van der Waals surface area contributed by atoms with E-state index in [0.717, 1.165) is 48.7 Å². The van der Waals surface area contributed by atoms with E-state index in [-0.39, 0.29) is 29.5 Å². The fourth-order valence-corrected chi connectivity index (χ4v) is 6.91. The van der Waals surface area contributed by atoms with Crippen LogP contribution in [0.1, 0.15) is 76.1 Å². The van der Waals surface area contributed by atoms with Crippen LogP contribution in [0.2, 0.25) is 5.15 Å². The molecule has 2 saturated carbocycles. The number of carbonyl (C=O) groups excluding carboxylic acids is 1. The third-order valence-corrected chi connectivity index (χ3v) is 8.60. The second-order valence-corrected chi connectivity index (χ2v) is 12.6. The summed E-state index contributed by atoms with van der Waals surface area (Å²) in [6.07, 6.45) is 4.48. The number of nitrogens with zero attached hydrogens (tertiary/aromatic N) is 3. The second kappa shape index (κ2) is 9.10. The van der Waals surface area contributed by atoms with Gasteiger partial charge in [-0.1, -0.05) is 11.6 Å². The number of hydrogen-bond acceptors (Lipinski definition) is 5. The molecule has 2 aliphatic carbocycles. The minimum absolute atomic E-state index is 0.129. The molecule has 0 N–H and O–H groups in total. The van der Waals surface area contributed by atoms with Gasteiger partial charge < -0.3 is 23.7 Å². The molecule has 2 aromatic heterocycles. The largest absolute Gasteiger partial charge is 0.444 e. The van der Waals surface area contributed by atoms with Crippen LogP contribution in [-0.2, 0) is 20.8 Å². The van der Waals surface area contributed by atoms with Crippen LogP contribution in [0.3, 0.4) is 0 Å². The molecular formula is C26H32BrClFN3O4. The number of pyridine rings is 1. The average Bonchev–Trinajstić information content (AvgIpc) is 3.70. The van der Waals surface area contributed by atoms with Gasteiger partial charge in [-0.15, -0.1) is 0 Å². The zero-order valence-electron chi connectivity index (χ0n) is 20.9. The lowest BCUT2D eigenvalue weighted by molar-refractivity contribution is -0.169. The highest BCUT2D eigenvalue weighted by molar-refractivity contribution is 9.10. The molecule has 4 heterocycles. The van der Waals surface area contributed by atoms with Crippen molar-refractivity contribution in [2.24, 2.45) is 11.8 Å². The van der Waals surface area contributed by atoms with Crippen LogP contribution in [0.15, 0.2) is 4.60 Å². The van der Waals surface area contributed by atoms with Crippen LogP contribution in [0.5, 0.6) is 0 Å². The quantitative estimate of drug-likeness (QED) is 0.373. The Kier molecular flexibility index (Phi) is 6.29. The Morgan fingerprint density at radius 3 is 2.56 bits per heavy atom. The molecule has 4 fully saturated rings. The van der Waals surface area contributed by atoms with Gasteiger partial charge in [-0.3, -0.25) is 0 Å². The first kappa shape index (κ1) is 24.9. The number of likely N-dealkylation sites (tertiary alicyclic amines) is 1. The first-order valence-electron chi connectivity index (χ1n) is 12.9. The van der Waals surface area contributed by atoms with Crippen LogP contribution in [0.4, 0.5) is 9.18 Å². The van der Waals surface area contributed by atoms with Crippen molar-refractivity contribution in [2.45, 2.75) is 83.3 Å². The fraction of sp³-hybridized carbons (Fsp3) is 0.692. The van der Waals surface area contributed by atoms with E-state index >= 15 is 4.39 Å². The molecule has 0 spiro atoms. The van der Waals surface area contributed by atoms with Gasteiger partial charge in [0.15, 0.2) is 17.3 Å². The fourth-order valence-electron chi connectivity index (χ4n) is 6.06. The topological polar surface area (TPSA) is 65.8 Å². The monoisotopic (exact) mass is 583 g/mol. The standard InChI is InChI=1S/C26H32BrClFN3O4/c1-26(2,3)36-25(33)31-10-14-15(11-31)18(14)19-16(12-35-17-6-4-5-9-34-17)32(13-7-8-13)22-20(19)23(27)30-24(28)21(22)29/h13-15,17-18H,4-12H2,1-3H3. The van der Waals surface area contributed by atoms with Crippen LogP contribution in [0.25, 0.3) is 10.9 Å². The Bertz CT molecular complexity index is 1190. The second-order valence-electron chi connectivity index (χ2n) is 11.5. The number of carbonyl (C=O) groups is 1. The molecule has 2 saturated heterocycles. The maximum absolute atomic E-state index is 15.5. The molecule has 36 heavy (non-hydrogen) atoms. The maximum atomic E-state index is 15.5. The summed E-state index contributed by atoms with van der Waals surface area (Å²) in [4.78, 5) is 18.7. The van der Waals surface area contributed by atoms with Gasteiger partial charge in [0.25, 0.3) is 0 Å². The Hall–Kier alpha value is -1.42. The van der Waals surface area contributed by atoms with Crippen molar-refractivity contribution in [3.8, 4) is 0 Å². The van der Waals surface area contributed by atoms with Gasteiger partial charge in [-0.2, -0.15) is 0 Å². The zero-order chi connectivity index (χ0) is 25.4. The highest BCUT2D eigenvalue weighted by Crippen LogP contribution is 2.62. The Balaban J connectivity index is 1.36. The van der Waals surface area contributed by atoms with Crippen LogP contribution in [0, 0.1) is 17.7 Å². The van der Waals surface area contributed by atoms with E-state index in [0.29, 0.717) is 48.3 Å². The molecular weight excluding hydrogens is 553 g/mol. The summed E-state index contributed by atoms with van der Waals surface area (Å²) in [5, 5.41) is 0.658. The van der Waals surface area contributed by atoms with E-state index in [1.54, 1.807) is 4.90 Å². The van der Waals surface area contributed by atoms with Crippen molar-refractivity contribution in [1.29, 1.82) is 0 Å². The van der Waals surface area contributed by atoms with Crippen molar-refractivity contribution in [1.82, 2.24) is 14.5 Å². The molecule has 7 nitrogen and oxygen atoms in total. The van der Waals surface area contributed by atoms with E-state index in [1.807, 2.05) is 20.8 Å². The SMILES string of the molecule is CC(C)(C)OC(=O)N1CC2C(C1)C2c1c(COC2CCCCO2)n(C2CC2)c2c(F)c(Cl)nc(Br)c12. The first-order chi connectivity index (χ1) is 17.1. The van der Waals surface area contributed by atoms with E-state index in [4.69, 9.17) is 25.8 Å². The lowest BCUT2D eigenvalue weighted by Gasteiger charge is -2.26. The van der Waals surface area contributed by atoms with E-state index in [1.165, 1.54) is 0 Å². The van der Waals surface area contributed by atoms with Crippen molar-refractivity contribution in [3.05, 3.63) is 26.8 Å². The minimum Gasteiger partial charge on any atom is -0.444 e. The minimum atomic E-state index is -0.528. The van der Waals surface area contributed by atoms with E-state index in [9.17, 15) is 4.79 Å². The Morgan fingerprint density at radius 2 is 1.94 bits per heavy atom. The number of piperidine rings is 1. The van der Waals surface area contributed by atoms with Gasteiger partial charge in [-0.05, 0) is 92.1 Å². The normalized spacial score (nSPS) is 28.0. The molecule has 3 unspecified atom stereocenters. The summed E-state index contributed by atoms with van der Waals surface area (Å²) < 4.78 is 35.9. The van der Waals surface area contributed by atoms with Gasteiger partial charge in [0.05, 0.1) is 12.1 Å². The Morgan fingerprint density at radius 1 is 1.22 bits per heavy atom. The van der Waals surface area contributed by atoms with Gasteiger partial charge in [-0.25, -0.2) is 14.2 Å². The maximum Gasteiger partial charge on any atom is 0.410 e. The van der Waals surface area contributed by atoms with Gasteiger partial charge >= 0.3 is 6.09 Å². The molecule has 1 amide bonds. The molecule has 2 aromatic rings. The smallest absolute Gasteiger partial charge is 0.410 e. The van der Waals surface area contributed by atoms with Gasteiger partial charge in [0.1, 0.15) is 10.2 Å². The summed E-state index contributed by atoms with van der Waals surface area (Å²) in [5.41, 5.74) is 2.06. The summed E-state index contributed by atoms with van der Waals surface area (Å²) in [6, 6.07) is 0.226. The summed E-state index contributed by atoms with van der Waals surface area (Å²) >= 11 is 9.81. The number of fused-ring (bicyclic) bond motifs is 2. The molecule has 196 valence electrons. The number of halogens is 3. The molecule has 6 rings (SSSR count). The molecule has 4 aliphatic rings. The number of aromatic nitrogens is 2. The van der Waals surface area contributed by atoms with E-state index in [2.05, 4.69) is 25.5 Å². The lowest BCUT2D eigenvalue weighted by atomic mass is 10.0. The van der Waals surface area contributed by atoms with Crippen molar-refractivity contribution in [2.75, 3.05) is 19.7 Å². The van der Waals surface area contributed by atoms with Crippen LogP contribution >= 0.6 is 27.5 Å². The molecule has 0 radical (unpaired) electrons. The molecule has 0 bridgehead atoms. The number of hydrogen-bond donors (Lipinski definition) is 0. The average molecular weight is 585 g/mol. The molecule has 3 atom stereocenters. The summed E-state index contributed by atoms with van der Waals surface area (Å²) in [6.45, 7) is 7.95. The van der Waals surface area contributed by atoms with Crippen LogP contribution in [-0.4, -0.2) is 52.1 Å². The number of ether oxygens (including phenoxy) is 3. The van der Waals surface area contributed by atoms with E-state index < -0.39 is 11.4 Å². The lowest BCUT2D eigenvalue weighted by Crippen LogP contribution is -2.36. The highest BCUT2D eigenvalue weighted by Gasteiger charge is 2.59. The Labute approximate surface area is 223 Å². The van der Waals surface area contributed by atoms with Crippen molar-refractivity contribution < 1.29 is 23.4 Å². The first-order valence-corrected chi connectivity index (χ1v) is 14.1. The van der Waals surface area contributed by atoms with Gasteiger partial charge in [0.2, 0.25) is 0 Å². The van der Waals surface area contributed by atoms with Crippen LogP contribution < -0.4 is 0 Å². The van der Waals surface area contributed by atoms with Crippen molar-refractivity contribution >= 4 is 44.5 Å². The van der Waals surface area contributed by atoms with Crippen molar-refractivity contribution in [3.63, 3.8) is 0 Å². The molecule has 0 aromatic carbocycles. The number of rotatable bonds is 5. The summed E-state index contributed by atoms with van der Waals surface area (Å²) in [5.74, 6) is 0.317. The predicted molar refractivity (Wildman–Crippen MR) is 137 cm³/mol. The zero-order valence-corrected chi connectivity index (χ0v) is 23.2. The molecule has 2 aliphatic heterocycles. The highest BCUT2D eigenvalue weighted by atomic mass is 79.9. The van der Waals surface area contributed by atoms with Gasteiger partial charge in [0, 0.05) is 36.8 Å². The predicted octanol–water partition coefficient (Wildman–Crippen LogP) is 6.55. The third-order valence-electron chi connectivity index (χ3n) is 7.78. The molecule has 10 heteroatoms.